The van der Waals surface area contributed by atoms with E-state index in [1.165, 1.54) is 12.1 Å². The molecule has 0 unspecified atom stereocenters. The Morgan fingerprint density at radius 3 is 2.80 bits per heavy atom. The third-order valence-electron chi connectivity index (χ3n) is 4.36. The Balaban J connectivity index is 1.49. The molecule has 25 heavy (non-hydrogen) atoms. The summed E-state index contributed by atoms with van der Waals surface area (Å²) < 4.78 is 13.2. The van der Waals surface area contributed by atoms with E-state index in [4.69, 9.17) is 0 Å². The van der Waals surface area contributed by atoms with Gasteiger partial charge < -0.3 is 20.1 Å². The van der Waals surface area contributed by atoms with Gasteiger partial charge in [-0.1, -0.05) is 0 Å². The van der Waals surface area contributed by atoms with Gasteiger partial charge >= 0.3 is 6.03 Å². The lowest BCUT2D eigenvalue weighted by Gasteiger charge is -2.21. The molecule has 8 heteroatoms. The minimum absolute atomic E-state index is 0.0450. The van der Waals surface area contributed by atoms with E-state index in [-0.39, 0.29) is 17.8 Å². The molecule has 1 aliphatic rings. The first kappa shape index (κ1) is 17.2. The van der Waals surface area contributed by atoms with E-state index in [2.05, 4.69) is 15.3 Å². The van der Waals surface area contributed by atoms with Gasteiger partial charge in [0.25, 0.3) is 0 Å². The van der Waals surface area contributed by atoms with Gasteiger partial charge in [-0.15, -0.1) is 0 Å². The maximum atomic E-state index is 13.2. The highest BCUT2D eigenvalue weighted by Gasteiger charge is 2.19. The van der Waals surface area contributed by atoms with Crippen LogP contribution in [-0.2, 0) is 11.2 Å². The average Bonchev–Trinajstić information content (AvgIpc) is 2.80. The molecule has 1 saturated heterocycles. The molecule has 3 amide bonds. The van der Waals surface area contributed by atoms with Crippen LogP contribution in [0.25, 0.3) is 11.0 Å². The zero-order valence-electron chi connectivity index (χ0n) is 14.2. The monoisotopic (exact) mass is 347 g/mol. The van der Waals surface area contributed by atoms with Crippen molar-refractivity contribution in [2.75, 3.05) is 32.7 Å². The van der Waals surface area contributed by atoms with Crippen molar-refractivity contribution in [2.24, 2.45) is 0 Å². The summed E-state index contributed by atoms with van der Waals surface area (Å²) in [5.74, 6) is 0.444. The third-order valence-corrected chi connectivity index (χ3v) is 4.36. The van der Waals surface area contributed by atoms with Crippen molar-refractivity contribution < 1.29 is 14.0 Å². The number of urea groups is 1. The van der Waals surface area contributed by atoms with Gasteiger partial charge in [0.2, 0.25) is 5.91 Å². The smallest absolute Gasteiger partial charge is 0.317 e. The van der Waals surface area contributed by atoms with Gasteiger partial charge in [0.1, 0.15) is 11.6 Å². The predicted molar refractivity (Wildman–Crippen MR) is 91.6 cm³/mol. The largest absolute Gasteiger partial charge is 0.342 e. The lowest BCUT2D eigenvalue weighted by molar-refractivity contribution is -0.128. The van der Waals surface area contributed by atoms with Crippen molar-refractivity contribution in [3.63, 3.8) is 0 Å². The molecule has 0 saturated carbocycles. The Hall–Kier alpha value is -2.64. The van der Waals surface area contributed by atoms with Gasteiger partial charge in [-0.2, -0.15) is 0 Å². The van der Waals surface area contributed by atoms with Gasteiger partial charge in [0, 0.05) is 46.1 Å². The maximum Gasteiger partial charge on any atom is 0.317 e. The van der Waals surface area contributed by atoms with Crippen LogP contribution < -0.4 is 5.32 Å². The van der Waals surface area contributed by atoms with Crippen molar-refractivity contribution >= 4 is 23.0 Å². The van der Waals surface area contributed by atoms with E-state index in [9.17, 15) is 14.0 Å². The molecule has 7 nitrogen and oxygen atoms in total. The fraction of sp³-hybridized carbons (Fsp3) is 0.471. The van der Waals surface area contributed by atoms with Gasteiger partial charge in [-0.25, -0.2) is 14.2 Å². The number of hydrogen-bond acceptors (Lipinski definition) is 3. The van der Waals surface area contributed by atoms with Crippen LogP contribution in [0, 0.1) is 5.82 Å². The number of rotatable bonds is 3. The molecule has 1 aromatic carbocycles. The Morgan fingerprint density at radius 1 is 1.24 bits per heavy atom. The summed E-state index contributed by atoms with van der Waals surface area (Å²) in [6.45, 7) is 4.42. The van der Waals surface area contributed by atoms with Gasteiger partial charge in [0.05, 0.1) is 11.0 Å². The fourth-order valence-corrected chi connectivity index (χ4v) is 2.99. The molecule has 0 spiro atoms. The van der Waals surface area contributed by atoms with Crippen molar-refractivity contribution in [3.8, 4) is 0 Å². The minimum atomic E-state index is -0.309. The van der Waals surface area contributed by atoms with Crippen LogP contribution in [-0.4, -0.2) is 64.4 Å². The molecule has 1 aliphatic heterocycles. The number of halogens is 1. The first-order valence-corrected chi connectivity index (χ1v) is 8.45. The van der Waals surface area contributed by atoms with E-state index in [0.29, 0.717) is 56.0 Å². The Bertz CT molecular complexity index is 775. The van der Waals surface area contributed by atoms with Crippen LogP contribution in [0.15, 0.2) is 18.2 Å². The van der Waals surface area contributed by atoms with Gasteiger partial charge in [-0.05, 0) is 24.6 Å². The second-order valence-corrected chi connectivity index (χ2v) is 6.17. The number of imidazole rings is 1. The minimum Gasteiger partial charge on any atom is -0.342 e. The summed E-state index contributed by atoms with van der Waals surface area (Å²) in [4.78, 5) is 34.6. The van der Waals surface area contributed by atoms with Gasteiger partial charge in [-0.3, -0.25) is 4.79 Å². The number of benzene rings is 1. The maximum absolute atomic E-state index is 13.2. The summed E-state index contributed by atoms with van der Waals surface area (Å²) >= 11 is 0. The van der Waals surface area contributed by atoms with Crippen LogP contribution in [0.2, 0.25) is 0 Å². The highest BCUT2D eigenvalue weighted by atomic mass is 19.1. The van der Waals surface area contributed by atoms with E-state index < -0.39 is 0 Å². The van der Waals surface area contributed by atoms with E-state index >= 15 is 0 Å². The molecule has 0 radical (unpaired) electrons. The van der Waals surface area contributed by atoms with E-state index in [0.717, 1.165) is 6.42 Å². The highest BCUT2D eigenvalue weighted by Crippen LogP contribution is 2.13. The number of hydrogen-bond donors (Lipinski definition) is 2. The molecule has 1 fully saturated rings. The highest BCUT2D eigenvalue weighted by molar-refractivity contribution is 5.76. The quantitative estimate of drug-likeness (QED) is 0.883. The topological polar surface area (TPSA) is 81.3 Å². The second-order valence-electron chi connectivity index (χ2n) is 6.17. The van der Waals surface area contributed by atoms with Crippen LogP contribution in [0.5, 0.6) is 0 Å². The molecule has 2 N–H and O–H groups in total. The Morgan fingerprint density at radius 2 is 2.00 bits per heavy atom. The lowest BCUT2D eigenvalue weighted by atomic mass is 10.3. The number of carbonyl (C=O) groups is 2. The van der Waals surface area contributed by atoms with Crippen LogP contribution in [0.1, 0.15) is 19.2 Å². The number of carbonyl (C=O) groups excluding carboxylic acids is 2. The molecule has 0 atom stereocenters. The van der Waals surface area contributed by atoms with Crippen LogP contribution >= 0.6 is 0 Å². The van der Waals surface area contributed by atoms with E-state index in [1.807, 2.05) is 0 Å². The standard InChI is InChI=1S/C17H22FN5O2/c1-12(24)22-7-2-8-23(10-9-22)17(25)19-6-5-16-20-14-4-3-13(18)11-15(14)21-16/h3-4,11H,2,5-10H2,1H3,(H,19,25)(H,20,21). The summed E-state index contributed by atoms with van der Waals surface area (Å²) in [5.41, 5.74) is 1.36. The molecule has 3 rings (SSSR count). The lowest BCUT2D eigenvalue weighted by Crippen LogP contribution is -2.43. The normalized spacial score (nSPS) is 15.3. The summed E-state index contributed by atoms with van der Waals surface area (Å²) in [6.07, 6.45) is 1.32. The number of aromatic amines is 1. The Labute approximate surface area is 145 Å². The Kier molecular flexibility index (Phi) is 5.16. The SMILES string of the molecule is CC(=O)N1CCCN(C(=O)NCCc2nc3ccc(F)cc3[nH]2)CC1. The van der Waals surface area contributed by atoms with Gasteiger partial charge in [0.15, 0.2) is 0 Å². The summed E-state index contributed by atoms with van der Waals surface area (Å²) in [5, 5.41) is 2.88. The molecule has 1 aromatic heterocycles. The summed E-state index contributed by atoms with van der Waals surface area (Å²) in [7, 11) is 0. The third kappa shape index (κ3) is 4.26. The summed E-state index contributed by atoms with van der Waals surface area (Å²) in [6, 6.07) is 4.27. The molecule has 2 aromatic rings. The number of nitrogens with one attached hydrogen (secondary N) is 2. The predicted octanol–water partition coefficient (Wildman–Crippen LogP) is 1.51. The van der Waals surface area contributed by atoms with Crippen molar-refractivity contribution in [1.29, 1.82) is 0 Å². The number of H-pyrrole nitrogens is 1. The number of aromatic nitrogens is 2. The molecule has 2 heterocycles. The molecule has 0 bridgehead atoms. The molecular formula is C17H22FN5O2. The molecule has 0 aliphatic carbocycles. The van der Waals surface area contributed by atoms with Crippen molar-refractivity contribution in [1.82, 2.24) is 25.1 Å². The van der Waals surface area contributed by atoms with Crippen molar-refractivity contribution in [2.45, 2.75) is 19.8 Å². The first-order valence-electron chi connectivity index (χ1n) is 8.45. The van der Waals surface area contributed by atoms with Crippen molar-refractivity contribution in [3.05, 3.63) is 29.8 Å². The molecular weight excluding hydrogens is 325 g/mol. The first-order chi connectivity index (χ1) is 12.0. The number of amides is 3. The van der Waals surface area contributed by atoms with Crippen LogP contribution in [0.3, 0.4) is 0 Å². The fourth-order valence-electron chi connectivity index (χ4n) is 2.99. The number of fused-ring (bicyclic) bond motifs is 1. The zero-order valence-corrected chi connectivity index (χ0v) is 14.2. The van der Waals surface area contributed by atoms with Crippen LogP contribution in [0.4, 0.5) is 9.18 Å². The zero-order chi connectivity index (χ0) is 17.8. The molecule has 134 valence electrons. The average molecular weight is 347 g/mol. The number of nitrogens with zero attached hydrogens (tertiary/aromatic N) is 3. The van der Waals surface area contributed by atoms with E-state index in [1.54, 1.807) is 22.8 Å². The second kappa shape index (κ2) is 7.50.